The van der Waals surface area contributed by atoms with Gasteiger partial charge < -0.3 is 20.8 Å². The second kappa shape index (κ2) is 6.36. The number of aliphatic hydroxyl groups is 1. The largest absolute Gasteiger partial charge is 0.481 e. The van der Waals surface area contributed by atoms with E-state index >= 15 is 0 Å². The topological polar surface area (TPSA) is 98.7 Å². The molecule has 0 fully saturated rings. The molecule has 1 unspecified atom stereocenters. The van der Waals surface area contributed by atoms with Crippen LogP contribution in [0.2, 0.25) is 0 Å². The first-order chi connectivity index (χ1) is 8.42. The van der Waals surface area contributed by atoms with Crippen LogP contribution in [0, 0.1) is 0 Å². The van der Waals surface area contributed by atoms with Gasteiger partial charge in [-0.3, -0.25) is 4.79 Å². The van der Waals surface area contributed by atoms with E-state index in [1.54, 1.807) is 13.0 Å². The zero-order chi connectivity index (χ0) is 13.6. The Morgan fingerprint density at radius 1 is 1.44 bits per heavy atom. The number of nitrogens with one attached hydrogen (secondary N) is 2. The molecule has 7 heteroatoms. The molecule has 1 aromatic heterocycles. The molecule has 1 atom stereocenters. The number of rotatable bonds is 6. The number of amides is 2. The highest BCUT2D eigenvalue weighted by Gasteiger charge is 2.23. The minimum Gasteiger partial charge on any atom is -0.481 e. The van der Waals surface area contributed by atoms with Crippen molar-refractivity contribution in [2.75, 3.05) is 13.1 Å². The van der Waals surface area contributed by atoms with Crippen LogP contribution in [0.15, 0.2) is 16.8 Å². The van der Waals surface area contributed by atoms with E-state index in [0.29, 0.717) is 0 Å². The van der Waals surface area contributed by atoms with Crippen LogP contribution in [0.25, 0.3) is 0 Å². The Morgan fingerprint density at radius 2 is 2.17 bits per heavy atom. The second-order valence-electron chi connectivity index (χ2n) is 4.04. The van der Waals surface area contributed by atoms with Crippen molar-refractivity contribution in [3.63, 3.8) is 0 Å². The van der Waals surface area contributed by atoms with Crippen molar-refractivity contribution in [3.05, 3.63) is 22.4 Å². The molecule has 2 amide bonds. The summed E-state index contributed by atoms with van der Waals surface area (Å²) in [5.41, 5.74) is -0.400. The molecule has 0 aliphatic heterocycles. The van der Waals surface area contributed by atoms with Gasteiger partial charge in [-0.05, 0) is 29.3 Å². The number of hydrogen-bond donors (Lipinski definition) is 4. The summed E-state index contributed by atoms with van der Waals surface area (Å²) < 4.78 is 0. The lowest BCUT2D eigenvalue weighted by molar-refractivity contribution is -0.136. The van der Waals surface area contributed by atoms with Gasteiger partial charge >= 0.3 is 12.0 Å². The maximum absolute atomic E-state index is 11.3. The van der Waals surface area contributed by atoms with Gasteiger partial charge in [0, 0.05) is 6.54 Å². The highest BCUT2D eigenvalue weighted by molar-refractivity contribution is 7.08. The summed E-state index contributed by atoms with van der Waals surface area (Å²) >= 11 is 1.46. The zero-order valence-corrected chi connectivity index (χ0v) is 10.8. The molecule has 4 N–H and O–H groups in total. The molecule has 18 heavy (non-hydrogen) atoms. The molecule has 6 nitrogen and oxygen atoms in total. The van der Waals surface area contributed by atoms with Crippen LogP contribution in [0.1, 0.15) is 18.9 Å². The van der Waals surface area contributed by atoms with Crippen LogP contribution >= 0.6 is 11.3 Å². The lowest BCUT2D eigenvalue weighted by atomic mass is 9.99. The lowest BCUT2D eigenvalue weighted by Crippen LogP contribution is -2.43. The molecule has 1 rings (SSSR count). The number of thiophene rings is 1. The maximum Gasteiger partial charge on any atom is 0.314 e. The van der Waals surface area contributed by atoms with Crippen molar-refractivity contribution in [3.8, 4) is 0 Å². The molecular weight excluding hydrogens is 256 g/mol. The Hall–Kier alpha value is -1.60. The minimum atomic E-state index is -1.13. The molecule has 0 spiro atoms. The van der Waals surface area contributed by atoms with Crippen LogP contribution in [0.3, 0.4) is 0 Å². The third kappa shape index (κ3) is 4.72. The van der Waals surface area contributed by atoms with Gasteiger partial charge in [0.2, 0.25) is 0 Å². The Kier molecular flexibility index (Phi) is 5.11. The lowest BCUT2D eigenvalue weighted by Gasteiger charge is -2.22. The molecule has 1 heterocycles. The van der Waals surface area contributed by atoms with Gasteiger partial charge in [-0.15, -0.1) is 0 Å². The zero-order valence-electron chi connectivity index (χ0n) is 9.97. The van der Waals surface area contributed by atoms with Crippen LogP contribution < -0.4 is 10.6 Å². The Bertz CT molecular complexity index is 403. The van der Waals surface area contributed by atoms with Gasteiger partial charge in [-0.1, -0.05) is 0 Å². The standard InChI is InChI=1S/C11H16N2O4S/c1-11(17,8-3-5-18-6-8)7-13-10(16)12-4-2-9(14)15/h3,5-6,17H,2,4,7H2,1H3,(H,14,15)(H2,12,13,16). The summed E-state index contributed by atoms with van der Waals surface area (Å²) in [5.74, 6) is -0.972. The highest BCUT2D eigenvalue weighted by atomic mass is 32.1. The Balaban J connectivity index is 2.32. The van der Waals surface area contributed by atoms with E-state index in [-0.39, 0.29) is 19.5 Å². The monoisotopic (exact) mass is 272 g/mol. The fourth-order valence-corrected chi connectivity index (χ4v) is 2.05. The molecule has 0 aromatic carbocycles. The smallest absolute Gasteiger partial charge is 0.314 e. The first-order valence-corrected chi connectivity index (χ1v) is 6.34. The van der Waals surface area contributed by atoms with E-state index in [2.05, 4.69) is 10.6 Å². The molecular formula is C11H16N2O4S. The SMILES string of the molecule is CC(O)(CNC(=O)NCCC(=O)O)c1ccsc1. The van der Waals surface area contributed by atoms with Crippen molar-refractivity contribution in [2.45, 2.75) is 18.9 Å². The summed E-state index contributed by atoms with van der Waals surface area (Å²) in [4.78, 5) is 21.6. The van der Waals surface area contributed by atoms with Crippen molar-refractivity contribution in [2.24, 2.45) is 0 Å². The predicted octanol–water partition coefficient (Wildman–Crippen LogP) is 0.730. The van der Waals surface area contributed by atoms with Crippen LogP contribution in [0.4, 0.5) is 4.79 Å². The fraction of sp³-hybridized carbons (Fsp3) is 0.455. The van der Waals surface area contributed by atoms with E-state index in [1.165, 1.54) is 11.3 Å². The molecule has 0 radical (unpaired) electrons. The van der Waals surface area contributed by atoms with Gasteiger partial charge in [-0.25, -0.2) is 4.79 Å². The van der Waals surface area contributed by atoms with Gasteiger partial charge in [0.15, 0.2) is 0 Å². The predicted molar refractivity (Wildman–Crippen MR) is 67.5 cm³/mol. The molecule has 0 aliphatic carbocycles. The van der Waals surface area contributed by atoms with Crippen LogP contribution in [-0.2, 0) is 10.4 Å². The third-order valence-electron chi connectivity index (χ3n) is 2.36. The molecule has 0 aliphatic rings. The van der Waals surface area contributed by atoms with E-state index in [1.807, 2.05) is 10.8 Å². The average molecular weight is 272 g/mol. The molecule has 0 saturated heterocycles. The van der Waals surface area contributed by atoms with Crippen LogP contribution in [0.5, 0.6) is 0 Å². The van der Waals surface area contributed by atoms with E-state index in [9.17, 15) is 14.7 Å². The number of urea groups is 1. The summed E-state index contributed by atoms with van der Waals surface area (Å²) in [6.07, 6.45) is -0.131. The van der Waals surface area contributed by atoms with E-state index in [4.69, 9.17) is 5.11 Å². The number of carboxylic acids is 1. The van der Waals surface area contributed by atoms with Crippen molar-refractivity contribution in [1.29, 1.82) is 0 Å². The van der Waals surface area contributed by atoms with Gasteiger partial charge in [-0.2, -0.15) is 11.3 Å². The molecule has 0 saturated carbocycles. The fourth-order valence-electron chi connectivity index (χ4n) is 1.27. The van der Waals surface area contributed by atoms with E-state index < -0.39 is 17.6 Å². The minimum absolute atomic E-state index is 0.0573. The summed E-state index contributed by atoms with van der Waals surface area (Å²) in [5, 5.41) is 27.0. The third-order valence-corrected chi connectivity index (χ3v) is 3.04. The molecule has 100 valence electrons. The summed E-state index contributed by atoms with van der Waals surface area (Å²) in [7, 11) is 0. The summed E-state index contributed by atoms with van der Waals surface area (Å²) in [6, 6.07) is 1.29. The number of carbonyl (C=O) groups is 2. The number of carboxylic acid groups (broad SMARTS) is 1. The summed E-state index contributed by atoms with van der Waals surface area (Å²) in [6.45, 7) is 1.72. The highest BCUT2D eigenvalue weighted by Crippen LogP contribution is 2.21. The van der Waals surface area contributed by atoms with Crippen molar-refractivity contribution in [1.82, 2.24) is 10.6 Å². The number of carbonyl (C=O) groups excluding carboxylic acids is 1. The maximum atomic E-state index is 11.3. The van der Waals surface area contributed by atoms with Crippen LogP contribution in [-0.4, -0.2) is 35.3 Å². The number of hydrogen-bond acceptors (Lipinski definition) is 4. The number of aliphatic carboxylic acids is 1. The molecule has 1 aromatic rings. The Morgan fingerprint density at radius 3 is 2.72 bits per heavy atom. The van der Waals surface area contributed by atoms with E-state index in [0.717, 1.165) is 5.56 Å². The van der Waals surface area contributed by atoms with Crippen molar-refractivity contribution >= 4 is 23.3 Å². The average Bonchev–Trinajstić information content (AvgIpc) is 2.80. The first-order valence-electron chi connectivity index (χ1n) is 5.40. The van der Waals surface area contributed by atoms with Crippen molar-refractivity contribution < 1.29 is 19.8 Å². The van der Waals surface area contributed by atoms with Gasteiger partial charge in [0.25, 0.3) is 0 Å². The van der Waals surface area contributed by atoms with Gasteiger partial charge in [0.05, 0.1) is 13.0 Å². The van der Waals surface area contributed by atoms with Gasteiger partial charge in [0.1, 0.15) is 5.60 Å². The normalized spacial score (nSPS) is 13.7. The Labute approximate surface area is 109 Å². The second-order valence-corrected chi connectivity index (χ2v) is 4.82. The molecule has 0 bridgehead atoms. The quantitative estimate of drug-likeness (QED) is 0.613. The first kappa shape index (κ1) is 14.5.